The van der Waals surface area contributed by atoms with Gasteiger partial charge in [0.05, 0.1) is 18.4 Å². The van der Waals surface area contributed by atoms with Crippen molar-refractivity contribution in [2.24, 2.45) is 11.3 Å². The summed E-state index contributed by atoms with van der Waals surface area (Å²) < 4.78 is 66.9. The number of halogens is 3. The summed E-state index contributed by atoms with van der Waals surface area (Å²) >= 11 is 0. The molecule has 11 heteroatoms. The molecule has 2 aliphatic heterocycles. The van der Waals surface area contributed by atoms with Crippen molar-refractivity contribution in [2.75, 3.05) is 39.0 Å². The quantitative estimate of drug-likeness (QED) is 0.791. The number of amides is 1. The first-order valence-corrected chi connectivity index (χ1v) is 10.5. The van der Waals surface area contributed by atoms with Crippen LogP contribution in [0, 0.1) is 11.3 Å². The minimum Gasteiger partial charge on any atom is -0.405 e. The van der Waals surface area contributed by atoms with Gasteiger partial charge in [0, 0.05) is 31.6 Å². The van der Waals surface area contributed by atoms with E-state index < -0.39 is 33.5 Å². The highest BCUT2D eigenvalue weighted by atomic mass is 32.2. The molecule has 1 amide bonds. The zero-order valence-electron chi connectivity index (χ0n) is 15.1. The molecule has 1 aromatic rings. The number of hydrogen-bond donors (Lipinski definition) is 1. The molecule has 1 N–H and O–H groups in total. The van der Waals surface area contributed by atoms with Gasteiger partial charge in [-0.1, -0.05) is 12.1 Å². The topological polar surface area (TPSA) is 87.2 Å². The largest absolute Gasteiger partial charge is 0.573 e. The van der Waals surface area contributed by atoms with Crippen molar-refractivity contribution >= 4 is 15.9 Å². The van der Waals surface area contributed by atoms with Crippen LogP contribution in [0.15, 0.2) is 24.3 Å². The molecule has 0 aliphatic carbocycles. The Morgan fingerprint density at radius 1 is 1.32 bits per heavy atom. The summed E-state index contributed by atoms with van der Waals surface area (Å²) in [6, 6.07) is 5.08. The minimum absolute atomic E-state index is 0.0549. The van der Waals surface area contributed by atoms with Crippen LogP contribution in [0.2, 0.25) is 0 Å². The predicted molar refractivity (Wildman–Crippen MR) is 93.1 cm³/mol. The van der Waals surface area contributed by atoms with Gasteiger partial charge in [0.25, 0.3) is 5.91 Å². The lowest BCUT2D eigenvalue weighted by molar-refractivity contribution is -0.274. The number of nitrogens with zero attached hydrogens (tertiary/aromatic N) is 2. The van der Waals surface area contributed by atoms with Crippen LogP contribution in [0.4, 0.5) is 13.2 Å². The number of hydrogen-bond acceptors (Lipinski definition) is 5. The number of sulfonamides is 1. The van der Waals surface area contributed by atoms with Crippen LogP contribution in [0.3, 0.4) is 0 Å². The number of para-hydroxylation sites is 1. The minimum atomic E-state index is -4.93. The van der Waals surface area contributed by atoms with E-state index in [-0.39, 0.29) is 44.3 Å². The molecule has 2 atom stereocenters. The van der Waals surface area contributed by atoms with Crippen molar-refractivity contribution in [3.8, 4) is 5.75 Å². The molecule has 0 aromatic heterocycles. The molecule has 0 spiro atoms. The number of carbonyl (C=O) groups excluding carboxylic acids is 1. The van der Waals surface area contributed by atoms with Crippen LogP contribution in [0.1, 0.15) is 16.8 Å². The number of aliphatic hydroxyl groups excluding tert-OH is 1. The molecule has 28 heavy (non-hydrogen) atoms. The molecule has 0 saturated carbocycles. The van der Waals surface area contributed by atoms with Crippen LogP contribution < -0.4 is 4.74 Å². The van der Waals surface area contributed by atoms with Crippen molar-refractivity contribution in [1.29, 1.82) is 0 Å². The number of carbonyl (C=O) groups is 1. The maximum absolute atomic E-state index is 12.9. The summed E-state index contributed by atoms with van der Waals surface area (Å²) in [6.45, 7) is 0.309. The van der Waals surface area contributed by atoms with Crippen molar-refractivity contribution < 1.29 is 36.2 Å². The summed E-state index contributed by atoms with van der Waals surface area (Å²) in [7, 11) is -3.45. The molecule has 156 valence electrons. The van der Waals surface area contributed by atoms with Gasteiger partial charge in [-0.2, -0.15) is 0 Å². The van der Waals surface area contributed by atoms with Crippen LogP contribution in [0.25, 0.3) is 0 Å². The Hall–Kier alpha value is -1.85. The molecule has 2 saturated heterocycles. The van der Waals surface area contributed by atoms with Gasteiger partial charge >= 0.3 is 6.36 Å². The lowest BCUT2D eigenvalue weighted by Gasteiger charge is -2.43. The number of ether oxygens (including phenoxy) is 1. The normalized spacial score (nSPS) is 26.2. The number of likely N-dealkylation sites (tertiary alicyclic amines) is 1. The zero-order chi connectivity index (χ0) is 20.7. The molecule has 7 nitrogen and oxygen atoms in total. The zero-order valence-corrected chi connectivity index (χ0v) is 16.0. The third kappa shape index (κ3) is 4.11. The van der Waals surface area contributed by atoms with E-state index >= 15 is 0 Å². The van der Waals surface area contributed by atoms with Gasteiger partial charge in [-0.05, 0) is 24.5 Å². The molecular weight excluding hydrogens is 401 g/mol. The first-order valence-electron chi connectivity index (χ1n) is 8.65. The van der Waals surface area contributed by atoms with E-state index in [4.69, 9.17) is 0 Å². The fraction of sp³-hybridized carbons (Fsp3) is 0.588. The molecule has 0 radical (unpaired) electrons. The predicted octanol–water partition coefficient (Wildman–Crippen LogP) is 1.30. The Labute approximate surface area is 160 Å². The molecule has 2 aliphatic rings. The second-order valence-electron chi connectivity index (χ2n) is 7.33. The molecule has 2 unspecified atom stereocenters. The van der Waals surface area contributed by atoms with Gasteiger partial charge in [-0.15, -0.1) is 13.2 Å². The number of alkyl halides is 3. The lowest BCUT2D eigenvalue weighted by Crippen LogP contribution is -2.52. The fourth-order valence-corrected chi connectivity index (χ4v) is 4.96. The average molecular weight is 422 g/mol. The molecule has 0 bridgehead atoms. The third-order valence-corrected chi connectivity index (χ3v) is 6.67. The highest BCUT2D eigenvalue weighted by molar-refractivity contribution is 7.88. The van der Waals surface area contributed by atoms with Gasteiger partial charge in [0.2, 0.25) is 10.0 Å². The second-order valence-corrected chi connectivity index (χ2v) is 9.31. The van der Waals surface area contributed by atoms with Crippen LogP contribution in [-0.2, 0) is 10.0 Å². The summed E-state index contributed by atoms with van der Waals surface area (Å²) in [5.74, 6) is -1.37. The maximum atomic E-state index is 12.9. The Kier molecular flexibility index (Phi) is 5.36. The SMILES string of the molecule is CS(=O)(=O)N1CC2CCN(C(=O)c3ccccc3OC(F)(F)F)CC2(CO)C1. The van der Waals surface area contributed by atoms with Gasteiger partial charge < -0.3 is 14.7 Å². The number of piperidine rings is 1. The molecule has 2 fully saturated rings. The van der Waals surface area contributed by atoms with E-state index in [1.54, 1.807) is 0 Å². The summed E-state index contributed by atoms with van der Waals surface area (Å²) in [5.41, 5.74) is -1.07. The molecule has 1 aromatic carbocycles. The van der Waals surface area contributed by atoms with Crippen LogP contribution >= 0.6 is 0 Å². The molecule has 3 rings (SSSR count). The van der Waals surface area contributed by atoms with E-state index in [0.717, 1.165) is 12.3 Å². The second kappa shape index (κ2) is 7.20. The van der Waals surface area contributed by atoms with E-state index in [9.17, 15) is 31.5 Å². The van der Waals surface area contributed by atoms with Crippen molar-refractivity contribution in [1.82, 2.24) is 9.21 Å². The fourth-order valence-electron chi connectivity index (χ4n) is 4.01. The van der Waals surface area contributed by atoms with Crippen molar-refractivity contribution in [3.05, 3.63) is 29.8 Å². The average Bonchev–Trinajstić information content (AvgIpc) is 3.00. The number of aliphatic hydroxyl groups is 1. The van der Waals surface area contributed by atoms with E-state index in [2.05, 4.69) is 4.74 Å². The first-order chi connectivity index (χ1) is 13.0. The monoisotopic (exact) mass is 422 g/mol. The summed E-state index contributed by atoms with van der Waals surface area (Å²) in [6.07, 6.45) is -3.40. The Morgan fingerprint density at radius 3 is 2.61 bits per heavy atom. The smallest absolute Gasteiger partial charge is 0.405 e. The van der Waals surface area contributed by atoms with Crippen LogP contribution in [-0.4, -0.2) is 74.0 Å². The highest BCUT2D eigenvalue weighted by Crippen LogP contribution is 2.43. The molecule has 2 heterocycles. The third-order valence-electron chi connectivity index (χ3n) is 5.45. The van der Waals surface area contributed by atoms with Gasteiger partial charge in [0.1, 0.15) is 5.75 Å². The number of rotatable bonds is 4. The van der Waals surface area contributed by atoms with Gasteiger partial charge in [0.15, 0.2) is 0 Å². The van der Waals surface area contributed by atoms with Crippen LogP contribution in [0.5, 0.6) is 5.75 Å². The Balaban J connectivity index is 1.84. The standard InChI is InChI=1S/C17H21F3N2O5S/c1-28(25,26)22-8-12-6-7-21(9-16(12,10-22)11-23)15(24)13-4-2-3-5-14(13)27-17(18,19)20/h2-5,12,23H,6-11H2,1H3. The number of benzene rings is 1. The van der Waals surface area contributed by atoms with E-state index in [0.29, 0.717) is 6.42 Å². The Morgan fingerprint density at radius 2 is 2.00 bits per heavy atom. The molecular formula is C17H21F3N2O5S. The van der Waals surface area contributed by atoms with E-state index in [1.807, 2.05) is 0 Å². The first kappa shape index (κ1) is 20.9. The Bertz CT molecular complexity index is 861. The summed E-state index contributed by atoms with van der Waals surface area (Å²) in [5, 5.41) is 9.98. The van der Waals surface area contributed by atoms with Gasteiger partial charge in [-0.25, -0.2) is 12.7 Å². The lowest BCUT2D eigenvalue weighted by atomic mass is 9.74. The highest BCUT2D eigenvalue weighted by Gasteiger charge is 2.52. The van der Waals surface area contributed by atoms with Crippen molar-refractivity contribution in [3.63, 3.8) is 0 Å². The summed E-state index contributed by atoms with van der Waals surface area (Å²) in [4.78, 5) is 14.3. The van der Waals surface area contributed by atoms with Crippen molar-refractivity contribution in [2.45, 2.75) is 12.8 Å². The number of fused-ring (bicyclic) bond motifs is 1. The van der Waals surface area contributed by atoms with Gasteiger partial charge in [-0.3, -0.25) is 4.79 Å². The maximum Gasteiger partial charge on any atom is 0.573 e. The van der Waals surface area contributed by atoms with E-state index in [1.165, 1.54) is 27.4 Å².